The van der Waals surface area contributed by atoms with Crippen LogP contribution in [0.1, 0.15) is 19.0 Å². The number of nitrogens with zero attached hydrogens (tertiary/aromatic N) is 2. The molecule has 1 aromatic rings. The molecule has 0 bridgehead atoms. The van der Waals surface area contributed by atoms with Gasteiger partial charge in [0.2, 0.25) is 0 Å². The zero-order valence-corrected chi connectivity index (χ0v) is 9.89. The standard InChI is InChI=1S/C11H10F2N2O4/c1-2-18-10(16)8-4-11(17,19-15-8)9-7(13)3-6(12)5-14-9/h3,5,17H,2,4H2,1H3. The molecule has 0 radical (unpaired) electrons. The Morgan fingerprint density at radius 2 is 2.37 bits per heavy atom. The number of aliphatic hydroxyl groups is 1. The zero-order valence-electron chi connectivity index (χ0n) is 9.89. The molecule has 6 nitrogen and oxygen atoms in total. The number of rotatable bonds is 3. The highest BCUT2D eigenvalue weighted by Crippen LogP contribution is 2.32. The molecule has 1 N–H and O–H groups in total. The van der Waals surface area contributed by atoms with Crippen LogP contribution in [0.4, 0.5) is 8.78 Å². The monoisotopic (exact) mass is 272 g/mol. The SMILES string of the molecule is CCOC(=O)C1=NOC(O)(c2ncc(F)cc2F)C1. The molecule has 1 aliphatic heterocycles. The van der Waals surface area contributed by atoms with E-state index >= 15 is 0 Å². The highest BCUT2D eigenvalue weighted by molar-refractivity contribution is 6.36. The molecular formula is C11H10F2N2O4. The minimum atomic E-state index is -2.24. The van der Waals surface area contributed by atoms with Crippen molar-refractivity contribution in [1.29, 1.82) is 0 Å². The number of hydrogen-bond donors (Lipinski definition) is 1. The van der Waals surface area contributed by atoms with Crippen molar-refractivity contribution in [2.24, 2.45) is 5.16 Å². The Balaban J connectivity index is 2.21. The van der Waals surface area contributed by atoms with Crippen LogP contribution in [-0.4, -0.2) is 28.4 Å². The maximum absolute atomic E-state index is 13.5. The molecule has 19 heavy (non-hydrogen) atoms. The summed E-state index contributed by atoms with van der Waals surface area (Å²) in [7, 11) is 0. The van der Waals surface area contributed by atoms with Gasteiger partial charge in [-0.05, 0) is 6.92 Å². The highest BCUT2D eigenvalue weighted by atomic mass is 19.1. The van der Waals surface area contributed by atoms with Crippen LogP contribution >= 0.6 is 0 Å². The quantitative estimate of drug-likeness (QED) is 0.825. The number of carbonyl (C=O) groups is 1. The van der Waals surface area contributed by atoms with Crippen LogP contribution in [0.5, 0.6) is 0 Å². The average Bonchev–Trinajstić information content (AvgIpc) is 2.73. The molecule has 1 unspecified atom stereocenters. The van der Waals surface area contributed by atoms with Crippen LogP contribution in [0.15, 0.2) is 17.4 Å². The van der Waals surface area contributed by atoms with Crippen molar-refractivity contribution < 1.29 is 28.3 Å². The van der Waals surface area contributed by atoms with Gasteiger partial charge < -0.3 is 14.7 Å². The summed E-state index contributed by atoms with van der Waals surface area (Å²) < 4.78 is 30.9. The second-order valence-electron chi connectivity index (χ2n) is 3.79. The van der Waals surface area contributed by atoms with E-state index < -0.39 is 35.5 Å². The molecule has 1 aromatic heterocycles. The first-order valence-electron chi connectivity index (χ1n) is 5.42. The Bertz CT molecular complexity index is 549. The lowest BCUT2D eigenvalue weighted by molar-refractivity contribution is -0.198. The smallest absolute Gasteiger partial charge is 0.356 e. The van der Waals surface area contributed by atoms with E-state index in [1.807, 2.05) is 0 Å². The van der Waals surface area contributed by atoms with Crippen LogP contribution in [-0.2, 0) is 20.2 Å². The highest BCUT2D eigenvalue weighted by Gasteiger charge is 2.45. The summed E-state index contributed by atoms with van der Waals surface area (Å²) in [6, 6.07) is 0.548. The Hall–Kier alpha value is -2.09. The van der Waals surface area contributed by atoms with Gasteiger partial charge in [0.15, 0.2) is 17.2 Å². The second-order valence-corrected chi connectivity index (χ2v) is 3.79. The summed E-state index contributed by atoms with van der Waals surface area (Å²) in [5.41, 5.74) is -0.744. The molecule has 0 fully saturated rings. The fourth-order valence-electron chi connectivity index (χ4n) is 1.57. The van der Waals surface area contributed by atoms with Gasteiger partial charge in [0.05, 0.1) is 19.2 Å². The molecule has 0 aromatic carbocycles. The van der Waals surface area contributed by atoms with E-state index in [4.69, 9.17) is 0 Å². The Kier molecular flexibility index (Phi) is 3.43. The maximum atomic E-state index is 13.5. The van der Waals surface area contributed by atoms with Crippen LogP contribution in [0.2, 0.25) is 0 Å². The average molecular weight is 272 g/mol. The second kappa shape index (κ2) is 4.88. The maximum Gasteiger partial charge on any atom is 0.356 e. The van der Waals surface area contributed by atoms with Gasteiger partial charge in [0.1, 0.15) is 5.82 Å². The number of hydrogen-bond acceptors (Lipinski definition) is 6. The first-order valence-corrected chi connectivity index (χ1v) is 5.42. The normalized spacial score (nSPS) is 21.8. The van der Waals surface area contributed by atoms with E-state index in [1.54, 1.807) is 6.92 Å². The van der Waals surface area contributed by atoms with E-state index in [0.29, 0.717) is 6.07 Å². The van der Waals surface area contributed by atoms with Crippen LogP contribution in [0.25, 0.3) is 0 Å². The molecule has 0 saturated carbocycles. The van der Waals surface area contributed by atoms with E-state index in [9.17, 15) is 18.7 Å². The molecule has 8 heteroatoms. The Morgan fingerprint density at radius 3 is 3.00 bits per heavy atom. The molecule has 2 heterocycles. The summed E-state index contributed by atoms with van der Waals surface area (Å²) >= 11 is 0. The lowest BCUT2D eigenvalue weighted by Crippen LogP contribution is -2.30. The molecule has 0 saturated heterocycles. The predicted molar refractivity (Wildman–Crippen MR) is 57.8 cm³/mol. The largest absolute Gasteiger partial charge is 0.461 e. The molecule has 2 rings (SSSR count). The molecule has 102 valence electrons. The summed E-state index contributed by atoms with van der Waals surface area (Å²) in [6.45, 7) is 1.72. The molecule has 1 atom stereocenters. The number of esters is 1. The van der Waals surface area contributed by atoms with Crippen molar-refractivity contribution in [1.82, 2.24) is 4.98 Å². The van der Waals surface area contributed by atoms with E-state index in [2.05, 4.69) is 19.7 Å². The van der Waals surface area contributed by atoms with E-state index in [1.165, 1.54) is 0 Å². The molecule has 1 aliphatic rings. The summed E-state index contributed by atoms with van der Waals surface area (Å²) in [4.78, 5) is 19.5. The van der Waals surface area contributed by atoms with Crippen molar-refractivity contribution >= 4 is 11.7 Å². The first-order chi connectivity index (χ1) is 8.96. The number of ether oxygens (including phenoxy) is 1. The van der Waals surface area contributed by atoms with Crippen LogP contribution in [0.3, 0.4) is 0 Å². The molecule has 0 spiro atoms. The van der Waals surface area contributed by atoms with Gasteiger partial charge in [-0.1, -0.05) is 5.16 Å². The van der Waals surface area contributed by atoms with Gasteiger partial charge in [0, 0.05) is 6.07 Å². The lowest BCUT2D eigenvalue weighted by Gasteiger charge is -2.19. The topological polar surface area (TPSA) is 81.0 Å². The third-order valence-corrected chi connectivity index (χ3v) is 2.40. The number of halogens is 2. The van der Waals surface area contributed by atoms with Crippen LogP contribution < -0.4 is 0 Å². The van der Waals surface area contributed by atoms with Crippen molar-refractivity contribution in [2.45, 2.75) is 19.1 Å². The summed E-state index contributed by atoms with van der Waals surface area (Å²) in [5, 5.41) is 13.4. The number of aromatic nitrogens is 1. The number of oxime groups is 1. The van der Waals surface area contributed by atoms with Gasteiger partial charge >= 0.3 is 5.97 Å². The molecule has 0 amide bonds. The fraction of sp³-hybridized carbons (Fsp3) is 0.364. The van der Waals surface area contributed by atoms with Gasteiger partial charge in [0.25, 0.3) is 5.79 Å². The minimum absolute atomic E-state index is 0.124. The van der Waals surface area contributed by atoms with Gasteiger partial charge in [-0.3, -0.25) is 0 Å². The number of carbonyl (C=O) groups excluding carboxylic acids is 1. The van der Waals surface area contributed by atoms with Crippen molar-refractivity contribution in [3.05, 3.63) is 29.6 Å². The Labute approximate surface area is 106 Å². The number of pyridine rings is 1. The summed E-state index contributed by atoms with van der Waals surface area (Å²) in [5.74, 6) is -5.00. The predicted octanol–water partition coefficient (Wildman–Crippen LogP) is 0.844. The van der Waals surface area contributed by atoms with Gasteiger partial charge in [-0.15, -0.1) is 0 Å². The van der Waals surface area contributed by atoms with E-state index in [0.717, 1.165) is 6.20 Å². The zero-order chi connectivity index (χ0) is 14.0. The van der Waals surface area contributed by atoms with Crippen molar-refractivity contribution in [2.75, 3.05) is 6.61 Å². The first kappa shape index (κ1) is 13.3. The van der Waals surface area contributed by atoms with E-state index in [-0.39, 0.29) is 12.3 Å². The third kappa shape index (κ3) is 2.53. The van der Waals surface area contributed by atoms with Gasteiger partial charge in [-0.25, -0.2) is 18.6 Å². The van der Waals surface area contributed by atoms with Gasteiger partial charge in [-0.2, -0.15) is 0 Å². The fourth-order valence-corrected chi connectivity index (χ4v) is 1.57. The minimum Gasteiger partial charge on any atom is -0.461 e. The third-order valence-electron chi connectivity index (χ3n) is 2.40. The van der Waals surface area contributed by atoms with Crippen molar-refractivity contribution in [3.8, 4) is 0 Å². The van der Waals surface area contributed by atoms with Crippen molar-refractivity contribution in [3.63, 3.8) is 0 Å². The molecular weight excluding hydrogens is 262 g/mol. The molecule has 0 aliphatic carbocycles. The lowest BCUT2D eigenvalue weighted by atomic mass is 10.1. The Morgan fingerprint density at radius 1 is 1.63 bits per heavy atom. The summed E-state index contributed by atoms with van der Waals surface area (Å²) in [6.07, 6.45) is 0.295. The van der Waals surface area contributed by atoms with Crippen LogP contribution in [0, 0.1) is 11.6 Å².